The minimum atomic E-state index is -0.166. The molecule has 4 aliphatic carbocycles. The molecule has 1 aromatic carbocycles. The predicted octanol–water partition coefficient (Wildman–Crippen LogP) is 9.47. The molecular weight excluding hydrogens is 581 g/mol. The minimum Gasteiger partial charge on any atom is -0.491 e. The number of ether oxygens (including phenoxy) is 2. The topological polar surface area (TPSA) is 70.3 Å². The molecule has 4 fully saturated rings. The van der Waals surface area contributed by atoms with Crippen LogP contribution in [-0.4, -0.2) is 26.8 Å². The Morgan fingerprint density at radius 1 is 0.951 bits per heavy atom. The lowest BCUT2D eigenvalue weighted by atomic mass is 9.57. The number of benzene rings is 1. The van der Waals surface area contributed by atoms with Crippen molar-refractivity contribution in [3.63, 3.8) is 0 Å². The van der Waals surface area contributed by atoms with Crippen LogP contribution in [0.2, 0.25) is 15.1 Å². The molecule has 0 atom stereocenters. The first-order valence-corrected chi connectivity index (χ1v) is 15.6. The summed E-state index contributed by atoms with van der Waals surface area (Å²) in [5, 5.41) is 6.96. The fraction of sp³-hybridized carbons (Fsp3) is 0.469. The summed E-state index contributed by atoms with van der Waals surface area (Å²) >= 11 is 19.7. The van der Waals surface area contributed by atoms with Crippen molar-refractivity contribution in [2.24, 2.45) is 0 Å². The van der Waals surface area contributed by atoms with E-state index >= 15 is 0 Å². The molecule has 4 aromatic rings. The Morgan fingerprint density at radius 3 is 2.32 bits per heavy atom. The first-order valence-electron chi connectivity index (χ1n) is 14.5. The standard InChI is InChI=1S/C32H32Cl3N3O3/c1-18(2)40-21-13-20-5-6-26(37-28(20)23(33)14-21)31-7-10-32(11-8-31,12-9-31)39-17-22-29(38-41-30(22)19-3-4-19)27-24(34)15-36-16-25(27)35/h5-6,13-16,18-19H,3-4,7-12,17H2,1-2H3. The zero-order chi connectivity index (χ0) is 28.4. The van der Waals surface area contributed by atoms with Gasteiger partial charge in [-0.05, 0) is 77.3 Å². The van der Waals surface area contributed by atoms with Crippen molar-refractivity contribution in [3.05, 3.63) is 68.7 Å². The van der Waals surface area contributed by atoms with E-state index in [4.69, 9.17) is 53.8 Å². The maximum atomic E-state index is 6.82. The molecule has 41 heavy (non-hydrogen) atoms. The average molecular weight is 613 g/mol. The average Bonchev–Trinajstić information content (AvgIpc) is 3.72. The van der Waals surface area contributed by atoms with Gasteiger partial charge < -0.3 is 14.0 Å². The molecule has 3 heterocycles. The molecule has 0 aliphatic heterocycles. The van der Waals surface area contributed by atoms with Gasteiger partial charge in [-0.2, -0.15) is 0 Å². The van der Waals surface area contributed by atoms with Crippen LogP contribution in [0.1, 0.15) is 88.1 Å². The Balaban J connectivity index is 1.11. The van der Waals surface area contributed by atoms with E-state index in [9.17, 15) is 0 Å². The van der Waals surface area contributed by atoms with E-state index < -0.39 is 0 Å². The lowest BCUT2D eigenvalue weighted by Gasteiger charge is -2.52. The van der Waals surface area contributed by atoms with Crippen molar-refractivity contribution < 1.29 is 14.0 Å². The third kappa shape index (κ3) is 5.01. The van der Waals surface area contributed by atoms with Crippen molar-refractivity contribution in [1.29, 1.82) is 0 Å². The highest BCUT2D eigenvalue weighted by Gasteiger charge is 2.51. The van der Waals surface area contributed by atoms with Crippen LogP contribution in [0, 0.1) is 0 Å². The van der Waals surface area contributed by atoms with Crippen LogP contribution < -0.4 is 4.74 Å². The molecule has 0 unspecified atom stereocenters. The summed E-state index contributed by atoms with van der Waals surface area (Å²) in [6, 6.07) is 8.22. The summed E-state index contributed by atoms with van der Waals surface area (Å²) in [5.74, 6) is 2.06. The van der Waals surface area contributed by atoms with E-state index in [0.29, 0.717) is 38.9 Å². The summed E-state index contributed by atoms with van der Waals surface area (Å²) in [5.41, 5.74) is 4.15. The number of pyridine rings is 2. The van der Waals surface area contributed by atoms with Gasteiger partial charge in [-0.25, -0.2) is 0 Å². The minimum absolute atomic E-state index is 0.0509. The van der Waals surface area contributed by atoms with Crippen LogP contribution in [0.25, 0.3) is 22.2 Å². The zero-order valence-corrected chi connectivity index (χ0v) is 25.5. The lowest BCUT2D eigenvalue weighted by molar-refractivity contribution is -0.127. The largest absolute Gasteiger partial charge is 0.491 e. The Labute approximate surface area is 254 Å². The molecule has 8 rings (SSSR count). The molecule has 9 heteroatoms. The molecule has 4 aliphatic rings. The smallest absolute Gasteiger partial charge is 0.145 e. The molecule has 214 valence electrons. The summed E-state index contributed by atoms with van der Waals surface area (Å²) in [4.78, 5) is 9.21. The second kappa shape index (κ2) is 10.4. The number of hydrogen-bond donors (Lipinski definition) is 0. The molecule has 2 bridgehead atoms. The van der Waals surface area contributed by atoms with Crippen LogP contribution >= 0.6 is 34.8 Å². The van der Waals surface area contributed by atoms with Crippen LogP contribution in [0.3, 0.4) is 0 Å². The molecule has 0 amide bonds. The summed E-state index contributed by atoms with van der Waals surface area (Å²) in [7, 11) is 0. The van der Waals surface area contributed by atoms with E-state index in [1.807, 2.05) is 26.0 Å². The van der Waals surface area contributed by atoms with Crippen LogP contribution in [0.5, 0.6) is 5.75 Å². The van der Waals surface area contributed by atoms with Crippen molar-refractivity contribution in [3.8, 4) is 17.0 Å². The number of halogens is 3. The molecule has 0 radical (unpaired) electrons. The van der Waals surface area contributed by atoms with Gasteiger partial charge in [0, 0.05) is 52.0 Å². The third-order valence-corrected chi connectivity index (χ3v) is 10.1. The van der Waals surface area contributed by atoms with Gasteiger partial charge in [-0.15, -0.1) is 0 Å². The van der Waals surface area contributed by atoms with E-state index in [1.54, 1.807) is 12.4 Å². The summed E-state index contributed by atoms with van der Waals surface area (Å²) in [6.07, 6.45) is 11.5. The van der Waals surface area contributed by atoms with E-state index in [2.05, 4.69) is 22.3 Å². The van der Waals surface area contributed by atoms with E-state index in [1.165, 1.54) is 0 Å². The number of aromatic nitrogens is 3. The van der Waals surface area contributed by atoms with Crippen molar-refractivity contribution in [1.82, 2.24) is 15.1 Å². The fourth-order valence-corrected chi connectivity index (χ4v) is 7.54. The number of nitrogens with zero attached hydrogens (tertiary/aromatic N) is 3. The van der Waals surface area contributed by atoms with Gasteiger partial charge in [0.2, 0.25) is 0 Å². The Bertz CT molecular complexity index is 1590. The Hall–Kier alpha value is -2.38. The molecular formula is C32H32Cl3N3O3. The molecule has 4 saturated carbocycles. The molecule has 0 N–H and O–H groups in total. The normalized spacial score (nSPS) is 24.0. The lowest BCUT2D eigenvalue weighted by Crippen LogP contribution is -2.50. The van der Waals surface area contributed by atoms with Crippen LogP contribution in [-0.2, 0) is 16.8 Å². The van der Waals surface area contributed by atoms with Gasteiger partial charge in [0.1, 0.15) is 17.2 Å². The van der Waals surface area contributed by atoms with Gasteiger partial charge in [0.15, 0.2) is 0 Å². The SMILES string of the molecule is CC(C)Oc1cc(Cl)c2nc(C34CCC(OCc5c(-c6c(Cl)cncc6Cl)noc5C5CC5)(CC3)CC4)ccc2c1. The van der Waals surface area contributed by atoms with Gasteiger partial charge >= 0.3 is 0 Å². The fourth-order valence-electron chi connectivity index (χ4n) is 6.74. The quantitative estimate of drug-likeness (QED) is 0.197. The third-order valence-electron chi connectivity index (χ3n) is 9.19. The second-order valence-corrected chi connectivity index (χ2v) is 13.4. The predicted molar refractivity (Wildman–Crippen MR) is 161 cm³/mol. The van der Waals surface area contributed by atoms with E-state index in [-0.39, 0.29) is 17.1 Å². The number of fused-ring (bicyclic) bond motifs is 4. The Morgan fingerprint density at radius 2 is 1.66 bits per heavy atom. The highest BCUT2D eigenvalue weighted by Crippen LogP contribution is 2.55. The van der Waals surface area contributed by atoms with Crippen LogP contribution in [0.15, 0.2) is 41.2 Å². The monoisotopic (exact) mass is 611 g/mol. The summed E-state index contributed by atoms with van der Waals surface area (Å²) in [6.45, 7) is 4.45. The first kappa shape index (κ1) is 27.5. The van der Waals surface area contributed by atoms with Crippen molar-refractivity contribution >= 4 is 45.7 Å². The van der Waals surface area contributed by atoms with Crippen molar-refractivity contribution in [2.75, 3.05) is 0 Å². The van der Waals surface area contributed by atoms with Gasteiger partial charge in [0.05, 0.1) is 38.9 Å². The number of rotatable bonds is 8. The van der Waals surface area contributed by atoms with E-state index in [0.717, 1.165) is 85.0 Å². The molecule has 3 aromatic heterocycles. The highest BCUT2D eigenvalue weighted by molar-refractivity contribution is 6.39. The molecule has 0 saturated heterocycles. The van der Waals surface area contributed by atoms with Crippen LogP contribution in [0.4, 0.5) is 0 Å². The Kier molecular flexibility index (Phi) is 6.97. The van der Waals surface area contributed by atoms with Gasteiger partial charge in [-0.3, -0.25) is 9.97 Å². The second-order valence-electron chi connectivity index (χ2n) is 12.2. The molecule has 6 nitrogen and oxygen atoms in total. The van der Waals surface area contributed by atoms with Gasteiger partial charge in [0.25, 0.3) is 0 Å². The van der Waals surface area contributed by atoms with Gasteiger partial charge in [-0.1, -0.05) is 46.0 Å². The van der Waals surface area contributed by atoms with Crippen molar-refractivity contribution in [2.45, 2.75) is 94.9 Å². The number of hydrogen-bond acceptors (Lipinski definition) is 6. The highest BCUT2D eigenvalue weighted by atomic mass is 35.5. The summed E-state index contributed by atoms with van der Waals surface area (Å²) < 4.78 is 18.5. The zero-order valence-electron chi connectivity index (χ0n) is 23.2. The maximum absolute atomic E-state index is 6.82. The molecule has 0 spiro atoms. The first-order chi connectivity index (χ1) is 19.8. The maximum Gasteiger partial charge on any atom is 0.145 e.